The highest BCUT2D eigenvalue weighted by atomic mass is 16.5. The molecule has 26 heavy (non-hydrogen) atoms. The van der Waals surface area contributed by atoms with Gasteiger partial charge in [0, 0.05) is 13.1 Å². The summed E-state index contributed by atoms with van der Waals surface area (Å²) in [5, 5.41) is 11.1. The first kappa shape index (κ1) is 16.4. The summed E-state index contributed by atoms with van der Waals surface area (Å²) in [6, 6.07) is 18.6. The van der Waals surface area contributed by atoms with Crippen LogP contribution in [-0.4, -0.2) is 31.4 Å². The Hall–Kier alpha value is -3.05. The molecule has 0 radical (unpaired) electrons. The molecule has 1 saturated heterocycles. The average molecular weight is 349 g/mol. The van der Waals surface area contributed by atoms with Crippen molar-refractivity contribution in [2.75, 3.05) is 31.2 Å². The van der Waals surface area contributed by atoms with E-state index in [1.54, 1.807) is 12.1 Å². The molecule has 0 amide bonds. The van der Waals surface area contributed by atoms with Gasteiger partial charge in [0.1, 0.15) is 11.3 Å². The second-order valence-electron chi connectivity index (χ2n) is 6.12. The monoisotopic (exact) mass is 349 g/mol. The van der Waals surface area contributed by atoms with Crippen LogP contribution in [0.3, 0.4) is 0 Å². The highest BCUT2D eigenvalue weighted by Gasteiger charge is 2.26. The Morgan fingerprint density at radius 3 is 1.92 bits per heavy atom. The Morgan fingerprint density at radius 2 is 1.35 bits per heavy atom. The zero-order chi connectivity index (χ0) is 17.9. The molecule has 2 aromatic carbocycles. The van der Waals surface area contributed by atoms with Crippen molar-refractivity contribution in [2.24, 2.45) is 0 Å². The first-order chi connectivity index (χ1) is 12.8. The first-order valence-corrected chi connectivity index (χ1v) is 8.59. The van der Waals surface area contributed by atoms with Crippen LogP contribution in [0.2, 0.25) is 0 Å². The number of aromatic hydroxyl groups is 1. The molecule has 2 heterocycles. The van der Waals surface area contributed by atoms with Crippen LogP contribution in [0, 0.1) is 0 Å². The van der Waals surface area contributed by atoms with Gasteiger partial charge in [-0.1, -0.05) is 60.7 Å². The maximum absolute atomic E-state index is 12.7. The molecule has 132 valence electrons. The van der Waals surface area contributed by atoms with E-state index in [1.807, 2.05) is 53.4 Å². The number of benzene rings is 2. The van der Waals surface area contributed by atoms with Crippen molar-refractivity contribution in [3.8, 4) is 28.0 Å². The second-order valence-corrected chi connectivity index (χ2v) is 6.12. The highest BCUT2D eigenvalue weighted by Crippen LogP contribution is 2.42. The Balaban J connectivity index is 1.97. The fourth-order valence-corrected chi connectivity index (χ4v) is 3.23. The van der Waals surface area contributed by atoms with Crippen LogP contribution < -0.4 is 10.5 Å². The number of hydrogen-bond donors (Lipinski definition) is 1. The summed E-state index contributed by atoms with van der Waals surface area (Å²) in [7, 11) is 0. The van der Waals surface area contributed by atoms with Crippen molar-refractivity contribution in [2.45, 2.75) is 0 Å². The largest absolute Gasteiger partial charge is 0.506 e. The van der Waals surface area contributed by atoms with Gasteiger partial charge in [0.15, 0.2) is 0 Å². The van der Waals surface area contributed by atoms with Crippen molar-refractivity contribution in [3.05, 3.63) is 71.1 Å². The van der Waals surface area contributed by atoms with Crippen LogP contribution in [0.25, 0.3) is 22.3 Å². The lowest BCUT2D eigenvalue weighted by molar-refractivity contribution is 0.120. The molecule has 1 aliphatic heterocycles. The quantitative estimate of drug-likeness (QED) is 0.784. The summed E-state index contributed by atoms with van der Waals surface area (Å²) in [5.74, 6) is 0.335. The summed E-state index contributed by atoms with van der Waals surface area (Å²) in [6.07, 6.45) is 0. The van der Waals surface area contributed by atoms with E-state index in [-0.39, 0.29) is 11.3 Å². The maximum atomic E-state index is 12.7. The molecule has 1 aromatic heterocycles. The number of rotatable bonds is 3. The fourth-order valence-electron chi connectivity index (χ4n) is 3.23. The van der Waals surface area contributed by atoms with Gasteiger partial charge in [-0.05, 0) is 11.1 Å². The molecule has 0 saturated carbocycles. The molecular formula is C21H19NO4. The van der Waals surface area contributed by atoms with Crippen molar-refractivity contribution >= 4 is 5.88 Å². The number of ether oxygens (including phenoxy) is 1. The lowest BCUT2D eigenvalue weighted by atomic mass is 9.99. The van der Waals surface area contributed by atoms with Crippen LogP contribution >= 0.6 is 0 Å². The van der Waals surface area contributed by atoms with Gasteiger partial charge in [-0.2, -0.15) is 0 Å². The van der Waals surface area contributed by atoms with Crippen LogP contribution in [-0.2, 0) is 4.74 Å². The molecule has 1 aliphatic rings. The summed E-state index contributed by atoms with van der Waals surface area (Å²) >= 11 is 0. The third kappa shape index (κ3) is 2.97. The van der Waals surface area contributed by atoms with E-state index in [4.69, 9.17) is 9.15 Å². The molecule has 5 heteroatoms. The summed E-state index contributed by atoms with van der Waals surface area (Å²) in [6.45, 7) is 2.32. The van der Waals surface area contributed by atoms with Gasteiger partial charge >= 0.3 is 5.63 Å². The zero-order valence-electron chi connectivity index (χ0n) is 14.2. The van der Waals surface area contributed by atoms with Crippen LogP contribution in [0.5, 0.6) is 5.75 Å². The molecule has 3 aromatic rings. The van der Waals surface area contributed by atoms with E-state index in [0.717, 1.165) is 5.56 Å². The lowest BCUT2D eigenvalue weighted by Crippen LogP contribution is -2.37. The lowest BCUT2D eigenvalue weighted by Gasteiger charge is -2.29. The van der Waals surface area contributed by atoms with E-state index in [9.17, 15) is 9.90 Å². The molecule has 0 unspecified atom stereocenters. The molecule has 0 aliphatic carbocycles. The molecule has 1 fully saturated rings. The van der Waals surface area contributed by atoms with Crippen molar-refractivity contribution in [1.29, 1.82) is 0 Å². The summed E-state index contributed by atoms with van der Waals surface area (Å²) in [5.41, 5.74) is 1.60. The first-order valence-electron chi connectivity index (χ1n) is 8.59. The van der Waals surface area contributed by atoms with Crippen LogP contribution in [0.4, 0.5) is 5.88 Å². The molecule has 0 spiro atoms. The highest BCUT2D eigenvalue weighted by molar-refractivity contribution is 5.87. The molecular weight excluding hydrogens is 330 g/mol. The minimum Gasteiger partial charge on any atom is -0.506 e. The van der Waals surface area contributed by atoms with Crippen molar-refractivity contribution in [3.63, 3.8) is 0 Å². The number of hydrogen-bond acceptors (Lipinski definition) is 5. The number of nitrogens with zero attached hydrogens (tertiary/aromatic N) is 1. The SMILES string of the molecule is O=c1oc(N2CCOCC2)c(-c2ccccc2)c(O)c1-c1ccccc1. The fraction of sp³-hybridized carbons (Fsp3) is 0.190. The van der Waals surface area contributed by atoms with Gasteiger partial charge in [-0.15, -0.1) is 0 Å². The van der Waals surface area contributed by atoms with Crippen molar-refractivity contribution < 1.29 is 14.3 Å². The maximum Gasteiger partial charge on any atom is 0.349 e. The minimum atomic E-state index is -0.546. The van der Waals surface area contributed by atoms with E-state index in [1.165, 1.54) is 0 Å². The Bertz CT molecular complexity index is 945. The minimum absolute atomic E-state index is 0.0554. The molecule has 4 rings (SSSR count). The van der Waals surface area contributed by atoms with Gasteiger partial charge in [0.05, 0.1) is 18.8 Å². The predicted molar refractivity (Wildman–Crippen MR) is 101 cm³/mol. The Kier molecular flexibility index (Phi) is 4.46. The van der Waals surface area contributed by atoms with Crippen LogP contribution in [0.15, 0.2) is 69.9 Å². The summed E-state index contributed by atoms with van der Waals surface area (Å²) < 4.78 is 11.1. The third-order valence-electron chi connectivity index (χ3n) is 4.50. The van der Waals surface area contributed by atoms with Gasteiger partial charge in [-0.25, -0.2) is 4.79 Å². The number of morpholine rings is 1. The third-order valence-corrected chi connectivity index (χ3v) is 4.50. The molecule has 0 atom stereocenters. The zero-order valence-corrected chi connectivity index (χ0v) is 14.2. The Morgan fingerprint density at radius 1 is 0.808 bits per heavy atom. The van der Waals surface area contributed by atoms with E-state index in [2.05, 4.69) is 0 Å². The van der Waals surface area contributed by atoms with Gasteiger partial charge in [0.25, 0.3) is 0 Å². The van der Waals surface area contributed by atoms with Gasteiger partial charge < -0.3 is 19.2 Å². The topological polar surface area (TPSA) is 62.9 Å². The second kappa shape index (κ2) is 7.06. The molecule has 5 nitrogen and oxygen atoms in total. The van der Waals surface area contributed by atoms with Crippen LogP contribution in [0.1, 0.15) is 0 Å². The van der Waals surface area contributed by atoms with E-state index in [0.29, 0.717) is 43.3 Å². The standard InChI is InChI=1S/C21H19NO4/c23-19-17(15-7-3-1-4-8-15)20(22-11-13-25-14-12-22)26-21(24)18(19)16-9-5-2-6-10-16/h1-10,23H,11-14H2. The summed E-state index contributed by atoms with van der Waals surface area (Å²) in [4.78, 5) is 14.6. The smallest absolute Gasteiger partial charge is 0.349 e. The van der Waals surface area contributed by atoms with Gasteiger partial charge in [-0.3, -0.25) is 0 Å². The van der Waals surface area contributed by atoms with E-state index < -0.39 is 5.63 Å². The van der Waals surface area contributed by atoms with Crippen molar-refractivity contribution in [1.82, 2.24) is 0 Å². The normalized spacial score (nSPS) is 14.4. The Labute approximate surface area is 151 Å². The molecule has 1 N–H and O–H groups in total. The van der Waals surface area contributed by atoms with E-state index >= 15 is 0 Å². The van der Waals surface area contributed by atoms with Gasteiger partial charge in [0.2, 0.25) is 5.88 Å². The molecule has 0 bridgehead atoms. The average Bonchev–Trinajstić information content (AvgIpc) is 2.70. The number of anilines is 1. The predicted octanol–water partition coefficient (Wildman–Crippen LogP) is 3.52.